The first kappa shape index (κ1) is 23.6. The van der Waals surface area contributed by atoms with E-state index in [1.54, 1.807) is 0 Å². The number of amides is 1. The Morgan fingerprint density at radius 3 is 2.33 bits per heavy atom. The van der Waals surface area contributed by atoms with Crippen LogP contribution in [0.4, 0.5) is 20.2 Å². The topological polar surface area (TPSA) is 88.3 Å². The molecule has 0 radical (unpaired) electrons. The van der Waals surface area contributed by atoms with Crippen molar-refractivity contribution in [3.05, 3.63) is 76.0 Å². The molecule has 2 aromatic carbocycles. The minimum atomic E-state index is -0.963. The normalized spacial score (nSPS) is 14.4. The van der Waals surface area contributed by atoms with Crippen molar-refractivity contribution in [2.45, 2.75) is 6.92 Å². The molecule has 1 fully saturated rings. The summed E-state index contributed by atoms with van der Waals surface area (Å²) in [5, 5.41) is 6.84. The number of benzene rings is 2. The van der Waals surface area contributed by atoms with Crippen molar-refractivity contribution in [3.8, 4) is 5.69 Å². The van der Waals surface area contributed by atoms with Crippen LogP contribution in [0.2, 0.25) is 0 Å². The zero-order chi connectivity index (χ0) is 25.6. The Morgan fingerprint density at radius 2 is 1.64 bits per heavy atom. The van der Waals surface area contributed by atoms with Crippen LogP contribution in [0, 0.1) is 18.6 Å². The molecule has 2 aromatic heterocycles. The second-order valence-corrected chi connectivity index (χ2v) is 8.83. The summed E-state index contributed by atoms with van der Waals surface area (Å²) in [6.07, 6.45) is 0. The van der Waals surface area contributed by atoms with E-state index in [9.17, 15) is 18.4 Å². The number of para-hydroxylation sites is 1. The highest BCUT2D eigenvalue weighted by atomic mass is 19.1. The Kier molecular flexibility index (Phi) is 6.00. The summed E-state index contributed by atoms with van der Waals surface area (Å²) in [6.45, 7) is 5.14. The first-order valence-corrected chi connectivity index (χ1v) is 11.5. The van der Waals surface area contributed by atoms with E-state index in [1.165, 1.54) is 12.1 Å². The number of nitrogens with zero attached hydrogens (tertiary/aromatic N) is 6. The van der Waals surface area contributed by atoms with Crippen molar-refractivity contribution in [3.63, 3.8) is 0 Å². The van der Waals surface area contributed by atoms with Crippen LogP contribution in [0.25, 0.3) is 16.7 Å². The lowest BCUT2D eigenvalue weighted by molar-refractivity contribution is 0.102. The molecule has 5 rings (SSSR count). The van der Waals surface area contributed by atoms with Crippen LogP contribution in [-0.2, 0) is 7.05 Å². The summed E-state index contributed by atoms with van der Waals surface area (Å²) in [7, 11) is 4.00. The zero-order valence-corrected chi connectivity index (χ0v) is 20.1. The molecule has 1 amide bonds. The molecule has 1 aliphatic rings. The lowest BCUT2D eigenvalue weighted by Gasteiger charge is -2.35. The van der Waals surface area contributed by atoms with Crippen LogP contribution in [0.15, 0.2) is 47.3 Å². The molecule has 1 N–H and O–H groups in total. The number of imidazole rings is 1. The first-order valence-electron chi connectivity index (χ1n) is 11.5. The molecule has 186 valence electrons. The number of nitrogens with one attached hydrogen (secondary N) is 1. The number of hydrogen-bond donors (Lipinski definition) is 1. The molecule has 1 saturated heterocycles. The molecule has 9 nitrogen and oxygen atoms in total. The predicted octanol–water partition coefficient (Wildman–Crippen LogP) is 2.71. The van der Waals surface area contributed by atoms with Crippen LogP contribution >= 0.6 is 0 Å². The van der Waals surface area contributed by atoms with Gasteiger partial charge in [0.2, 0.25) is 0 Å². The van der Waals surface area contributed by atoms with Crippen LogP contribution in [-0.4, -0.2) is 63.4 Å². The second-order valence-electron chi connectivity index (χ2n) is 8.83. The molecule has 0 aliphatic carbocycles. The number of aromatic nitrogens is 4. The van der Waals surface area contributed by atoms with E-state index < -0.39 is 28.8 Å². The van der Waals surface area contributed by atoms with Gasteiger partial charge in [-0.15, -0.1) is 0 Å². The number of likely N-dealkylation sites (N-methyl/N-ethyl adjacent to an activating group) is 1. The monoisotopic (exact) mass is 493 g/mol. The van der Waals surface area contributed by atoms with Gasteiger partial charge in [0.05, 0.1) is 16.9 Å². The quantitative estimate of drug-likeness (QED) is 0.471. The third-order valence-electron chi connectivity index (χ3n) is 6.50. The molecule has 0 saturated carbocycles. The van der Waals surface area contributed by atoms with Gasteiger partial charge in [-0.3, -0.25) is 9.59 Å². The second kappa shape index (κ2) is 9.15. The van der Waals surface area contributed by atoms with Gasteiger partial charge >= 0.3 is 0 Å². The van der Waals surface area contributed by atoms with Gasteiger partial charge in [0.1, 0.15) is 22.7 Å². The number of piperazine rings is 1. The van der Waals surface area contributed by atoms with Crippen LogP contribution in [0.5, 0.6) is 0 Å². The molecule has 0 spiro atoms. The molecule has 1 aliphatic heterocycles. The fraction of sp³-hybridized carbons (Fsp3) is 0.280. The molecule has 0 atom stereocenters. The Hall–Kier alpha value is -4.12. The number of carbonyl (C=O) groups is 1. The SMILES string of the molecule is Cc1nc2c(N3CCN(C)CC3)c(NC(=O)c3ccc(=O)n(-c4c(F)cccc4F)n3)ccc2n1C. The van der Waals surface area contributed by atoms with Gasteiger partial charge in [-0.05, 0) is 44.3 Å². The molecule has 0 bridgehead atoms. The van der Waals surface area contributed by atoms with E-state index >= 15 is 0 Å². The predicted molar refractivity (Wildman–Crippen MR) is 133 cm³/mol. The van der Waals surface area contributed by atoms with Gasteiger partial charge < -0.3 is 19.7 Å². The van der Waals surface area contributed by atoms with Crippen molar-refractivity contribution in [1.29, 1.82) is 0 Å². The maximum Gasteiger partial charge on any atom is 0.276 e. The van der Waals surface area contributed by atoms with Crippen molar-refractivity contribution in [2.75, 3.05) is 43.4 Å². The van der Waals surface area contributed by atoms with Crippen LogP contribution in [0.3, 0.4) is 0 Å². The lowest BCUT2D eigenvalue weighted by atomic mass is 10.1. The van der Waals surface area contributed by atoms with Gasteiger partial charge in [0.15, 0.2) is 11.6 Å². The van der Waals surface area contributed by atoms with E-state index in [-0.39, 0.29) is 5.69 Å². The van der Waals surface area contributed by atoms with E-state index in [0.29, 0.717) is 10.4 Å². The van der Waals surface area contributed by atoms with Crippen molar-refractivity contribution in [2.24, 2.45) is 7.05 Å². The average Bonchev–Trinajstić information content (AvgIpc) is 3.14. The summed E-state index contributed by atoms with van der Waals surface area (Å²) in [5.74, 6) is -1.71. The van der Waals surface area contributed by atoms with E-state index in [1.807, 2.05) is 30.7 Å². The fourth-order valence-electron chi connectivity index (χ4n) is 4.38. The number of halogens is 2. The summed E-state index contributed by atoms with van der Waals surface area (Å²) in [4.78, 5) is 34.7. The maximum absolute atomic E-state index is 14.3. The number of anilines is 2. The van der Waals surface area contributed by atoms with Gasteiger partial charge in [-0.1, -0.05) is 6.07 Å². The number of fused-ring (bicyclic) bond motifs is 1. The van der Waals surface area contributed by atoms with E-state index in [0.717, 1.165) is 66.9 Å². The Labute approximate surface area is 205 Å². The highest BCUT2D eigenvalue weighted by Gasteiger charge is 2.24. The van der Waals surface area contributed by atoms with Gasteiger partial charge in [-0.25, -0.2) is 13.8 Å². The van der Waals surface area contributed by atoms with Crippen molar-refractivity contribution < 1.29 is 13.6 Å². The van der Waals surface area contributed by atoms with Crippen LogP contribution in [0.1, 0.15) is 16.3 Å². The first-order chi connectivity index (χ1) is 17.2. The summed E-state index contributed by atoms with van der Waals surface area (Å²) >= 11 is 0. The highest BCUT2D eigenvalue weighted by molar-refractivity contribution is 6.08. The number of rotatable bonds is 4. The van der Waals surface area contributed by atoms with E-state index in [4.69, 9.17) is 4.98 Å². The lowest BCUT2D eigenvalue weighted by Crippen LogP contribution is -2.44. The number of hydrogen-bond acceptors (Lipinski definition) is 6. The Morgan fingerprint density at radius 1 is 0.944 bits per heavy atom. The molecular weight excluding hydrogens is 468 g/mol. The number of carbonyl (C=O) groups excluding carboxylic acids is 1. The van der Waals surface area contributed by atoms with Gasteiger partial charge in [0.25, 0.3) is 11.5 Å². The molecule has 36 heavy (non-hydrogen) atoms. The standard InChI is InChI=1S/C25H25F2N7O2/c1-15-28-22-20(32(15)3)9-7-18(24(22)33-13-11-31(2)12-14-33)29-25(36)19-8-10-21(35)34(30-19)23-16(26)5-4-6-17(23)27/h4-10H,11-14H2,1-3H3,(H,29,36). The third-order valence-corrected chi connectivity index (χ3v) is 6.50. The zero-order valence-electron chi connectivity index (χ0n) is 20.1. The average molecular weight is 494 g/mol. The number of aryl methyl sites for hydroxylation is 2. The molecule has 3 heterocycles. The maximum atomic E-state index is 14.3. The molecule has 0 unspecified atom stereocenters. The molecule has 11 heteroatoms. The highest BCUT2D eigenvalue weighted by Crippen LogP contribution is 2.35. The largest absolute Gasteiger partial charge is 0.365 e. The summed E-state index contributed by atoms with van der Waals surface area (Å²) < 4.78 is 31.2. The smallest absolute Gasteiger partial charge is 0.276 e. The van der Waals surface area contributed by atoms with Gasteiger partial charge in [0, 0.05) is 39.3 Å². The van der Waals surface area contributed by atoms with Crippen LogP contribution < -0.4 is 15.8 Å². The summed E-state index contributed by atoms with van der Waals surface area (Å²) in [5.41, 5.74) is 1.46. The van der Waals surface area contributed by atoms with Crippen molar-refractivity contribution >= 4 is 28.3 Å². The molecular formula is C25H25F2N7O2. The Balaban J connectivity index is 1.55. The fourth-order valence-corrected chi connectivity index (χ4v) is 4.38. The van der Waals surface area contributed by atoms with Crippen molar-refractivity contribution in [1.82, 2.24) is 24.2 Å². The third kappa shape index (κ3) is 4.11. The Bertz CT molecular complexity index is 1520. The minimum absolute atomic E-state index is 0.168. The van der Waals surface area contributed by atoms with E-state index in [2.05, 4.69) is 27.3 Å². The van der Waals surface area contributed by atoms with Gasteiger partial charge in [-0.2, -0.15) is 9.78 Å². The summed E-state index contributed by atoms with van der Waals surface area (Å²) in [6, 6.07) is 9.20. The molecule has 4 aromatic rings. The minimum Gasteiger partial charge on any atom is -0.365 e.